The molecule has 0 aliphatic rings. The zero-order valence-corrected chi connectivity index (χ0v) is 9.63. The number of benzene rings is 1. The Kier molecular flexibility index (Phi) is 3.09. The zero-order valence-electron chi connectivity index (χ0n) is 8.05. The van der Waals surface area contributed by atoms with Gasteiger partial charge in [0.1, 0.15) is 5.82 Å². The van der Waals surface area contributed by atoms with Gasteiger partial charge in [-0.15, -0.1) is 0 Å². The van der Waals surface area contributed by atoms with E-state index in [-0.39, 0.29) is 9.90 Å². The number of nitrogens with zero attached hydrogens (tertiary/aromatic N) is 1. The average molecular weight is 282 g/mol. The molecule has 7 heteroatoms. The second kappa shape index (κ2) is 4.27. The van der Waals surface area contributed by atoms with Gasteiger partial charge in [-0.2, -0.15) is 17.5 Å². The second-order valence-corrected chi connectivity index (χ2v) is 4.42. The predicted octanol–water partition coefficient (Wildman–Crippen LogP) is 4.62. The minimum atomic E-state index is -4.49. The smallest absolute Gasteiger partial charge is 0.205 e. The van der Waals surface area contributed by atoms with Gasteiger partial charge in [-0.05, 0) is 35.3 Å². The van der Waals surface area contributed by atoms with Gasteiger partial charge in [0.15, 0.2) is 5.69 Å². The fourth-order valence-electron chi connectivity index (χ4n) is 1.19. The van der Waals surface area contributed by atoms with Crippen LogP contribution in [0.5, 0.6) is 0 Å². The van der Waals surface area contributed by atoms with Crippen molar-refractivity contribution in [3.05, 3.63) is 40.8 Å². The van der Waals surface area contributed by atoms with E-state index in [0.29, 0.717) is 17.1 Å². The molecular formula is C10H4ClF4NS. The van der Waals surface area contributed by atoms with Crippen LogP contribution in [0.25, 0.3) is 10.4 Å². The largest absolute Gasteiger partial charge is 0.434 e. The highest BCUT2D eigenvalue weighted by atomic mass is 35.5. The lowest BCUT2D eigenvalue weighted by molar-refractivity contribution is -0.140. The molecule has 0 N–H and O–H groups in total. The van der Waals surface area contributed by atoms with E-state index in [1.807, 2.05) is 0 Å². The Hall–Kier alpha value is -1.14. The molecule has 1 heterocycles. The summed E-state index contributed by atoms with van der Waals surface area (Å²) in [4.78, 5) is 0.243. The number of rotatable bonds is 1. The molecule has 0 saturated heterocycles. The summed E-state index contributed by atoms with van der Waals surface area (Å²) in [5.41, 5.74) is -0.659. The molecule has 0 unspecified atom stereocenters. The van der Waals surface area contributed by atoms with Crippen LogP contribution in [0.15, 0.2) is 24.3 Å². The first-order valence-electron chi connectivity index (χ1n) is 4.37. The molecule has 1 aromatic heterocycles. The van der Waals surface area contributed by atoms with Crippen molar-refractivity contribution in [2.24, 2.45) is 0 Å². The van der Waals surface area contributed by atoms with Crippen LogP contribution >= 0.6 is 23.1 Å². The summed E-state index contributed by atoms with van der Waals surface area (Å²) in [6.45, 7) is 0. The minimum Gasteiger partial charge on any atom is -0.205 e. The standard InChI is InChI=1S/C10H4ClF4NS/c11-6-2-1-5(3-7(6)12)8-4-9(16-17-8)10(13,14)15/h1-4H. The van der Waals surface area contributed by atoms with E-state index < -0.39 is 17.7 Å². The van der Waals surface area contributed by atoms with E-state index in [4.69, 9.17) is 11.6 Å². The highest BCUT2D eigenvalue weighted by Gasteiger charge is 2.33. The van der Waals surface area contributed by atoms with Crippen LogP contribution in [0.1, 0.15) is 5.69 Å². The van der Waals surface area contributed by atoms with Gasteiger partial charge in [-0.25, -0.2) is 4.39 Å². The minimum absolute atomic E-state index is 0.0747. The van der Waals surface area contributed by atoms with E-state index in [0.717, 1.165) is 12.1 Å². The van der Waals surface area contributed by atoms with Crippen LogP contribution in [0, 0.1) is 5.82 Å². The normalized spacial score (nSPS) is 11.8. The van der Waals surface area contributed by atoms with Crippen molar-refractivity contribution < 1.29 is 17.6 Å². The van der Waals surface area contributed by atoms with Gasteiger partial charge in [-0.1, -0.05) is 17.7 Å². The average Bonchev–Trinajstić information content (AvgIpc) is 2.70. The van der Waals surface area contributed by atoms with Gasteiger partial charge >= 0.3 is 6.18 Å². The molecule has 1 aromatic carbocycles. The summed E-state index contributed by atoms with van der Waals surface area (Å²) in [5.74, 6) is -0.675. The van der Waals surface area contributed by atoms with Crippen molar-refractivity contribution in [1.82, 2.24) is 4.37 Å². The number of aromatic nitrogens is 1. The fraction of sp³-hybridized carbons (Fsp3) is 0.100. The molecule has 0 saturated carbocycles. The number of alkyl halides is 3. The van der Waals surface area contributed by atoms with Crippen molar-refractivity contribution in [1.29, 1.82) is 0 Å². The van der Waals surface area contributed by atoms with Crippen LogP contribution in [-0.2, 0) is 6.18 Å². The van der Waals surface area contributed by atoms with E-state index in [2.05, 4.69) is 4.37 Å². The first-order valence-corrected chi connectivity index (χ1v) is 5.52. The maximum absolute atomic E-state index is 13.1. The maximum Gasteiger partial charge on any atom is 0.434 e. The topological polar surface area (TPSA) is 12.9 Å². The summed E-state index contributed by atoms with van der Waals surface area (Å²) in [7, 11) is 0. The van der Waals surface area contributed by atoms with Crippen LogP contribution in [-0.4, -0.2) is 4.37 Å². The van der Waals surface area contributed by atoms with Crippen LogP contribution in [0.4, 0.5) is 17.6 Å². The summed E-state index contributed by atoms with van der Waals surface area (Å²) in [6, 6.07) is 4.70. The molecule has 0 aliphatic heterocycles. The van der Waals surface area contributed by atoms with Gasteiger partial charge in [0, 0.05) is 0 Å². The van der Waals surface area contributed by atoms with E-state index in [1.54, 1.807) is 0 Å². The lowest BCUT2D eigenvalue weighted by Crippen LogP contribution is -2.04. The number of hydrogen-bond acceptors (Lipinski definition) is 2. The predicted molar refractivity (Wildman–Crippen MR) is 57.5 cm³/mol. The molecule has 0 aliphatic carbocycles. The molecule has 0 spiro atoms. The Morgan fingerprint density at radius 1 is 1.18 bits per heavy atom. The van der Waals surface area contributed by atoms with Crippen molar-refractivity contribution in [2.75, 3.05) is 0 Å². The second-order valence-electron chi connectivity index (χ2n) is 3.20. The number of halogens is 5. The van der Waals surface area contributed by atoms with Gasteiger partial charge in [0.05, 0.1) is 9.90 Å². The van der Waals surface area contributed by atoms with E-state index >= 15 is 0 Å². The quantitative estimate of drug-likeness (QED) is 0.695. The third-order valence-corrected chi connectivity index (χ3v) is 3.15. The molecule has 1 nitrogen and oxygen atoms in total. The summed E-state index contributed by atoms with van der Waals surface area (Å²) >= 11 is 6.14. The Balaban J connectivity index is 2.40. The van der Waals surface area contributed by atoms with Crippen molar-refractivity contribution in [2.45, 2.75) is 6.18 Å². The Labute approximate surface area is 103 Å². The lowest BCUT2D eigenvalue weighted by atomic mass is 10.2. The molecule has 2 aromatic rings. The Bertz CT molecular complexity index is 549. The van der Waals surface area contributed by atoms with Crippen molar-refractivity contribution >= 4 is 23.1 Å². The summed E-state index contributed by atoms with van der Waals surface area (Å²) in [6.07, 6.45) is -4.49. The first kappa shape index (κ1) is 12.3. The van der Waals surface area contributed by atoms with Gasteiger partial charge < -0.3 is 0 Å². The molecule has 17 heavy (non-hydrogen) atoms. The van der Waals surface area contributed by atoms with Crippen LogP contribution in [0.2, 0.25) is 5.02 Å². The fourth-order valence-corrected chi connectivity index (χ4v) is 2.06. The molecule has 0 radical (unpaired) electrons. The first-order chi connectivity index (χ1) is 7.88. The SMILES string of the molecule is Fc1cc(-c2cc(C(F)(F)F)ns2)ccc1Cl. The highest BCUT2D eigenvalue weighted by Crippen LogP contribution is 2.34. The maximum atomic E-state index is 13.1. The zero-order chi connectivity index (χ0) is 12.6. The lowest BCUT2D eigenvalue weighted by Gasteiger charge is -2.00. The third kappa shape index (κ3) is 2.58. The molecular weight excluding hydrogens is 278 g/mol. The molecule has 0 bridgehead atoms. The van der Waals surface area contributed by atoms with E-state index in [9.17, 15) is 17.6 Å². The Morgan fingerprint density at radius 3 is 2.41 bits per heavy atom. The van der Waals surface area contributed by atoms with E-state index in [1.165, 1.54) is 12.1 Å². The highest BCUT2D eigenvalue weighted by molar-refractivity contribution is 7.09. The Morgan fingerprint density at radius 2 is 1.88 bits per heavy atom. The molecule has 0 atom stereocenters. The molecule has 90 valence electrons. The van der Waals surface area contributed by atoms with Gasteiger partial charge in [0.2, 0.25) is 0 Å². The van der Waals surface area contributed by atoms with Crippen molar-refractivity contribution in [3.63, 3.8) is 0 Å². The summed E-state index contributed by atoms with van der Waals surface area (Å²) in [5, 5.41) is -0.0747. The summed E-state index contributed by atoms with van der Waals surface area (Å²) < 4.78 is 53.3. The third-order valence-electron chi connectivity index (χ3n) is 2.00. The molecule has 0 fully saturated rings. The van der Waals surface area contributed by atoms with Crippen LogP contribution in [0.3, 0.4) is 0 Å². The molecule has 0 amide bonds. The molecule has 2 rings (SSSR count). The monoisotopic (exact) mass is 281 g/mol. The van der Waals surface area contributed by atoms with Gasteiger partial charge in [-0.3, -0.25) is 0 Å². The van der Waals surface area contributed by atoms with Gasteiger partial charge in [0.25, 0.3) is 0 Å². The number of hydrogen-bond donors (Lipinski definition) is 0. The van der Waals surface area contributed by atoms with Crippen LogP contribution < -0.4 is 0 Å². The van der Waals surface area contributed by atoms with Crippen molar-refractivity contribution in [3.8, 4) is 10.4 Å².